The van der Waals surface area contributed by atoms with E-state index in [0.717, 1.165) is 24.8 Å². The zero-order chi connectivity index (χ0) is 13.1. The van der Waals surface area contributed by atoms with Crippen LogP contribution < -0.4 is 16.2 Å². The summed E-state index contributed by atoms with van der Waals surface area (Å²) in [5.74, 6) is -0.362. The maximum atomic E-state index is 11.5. The first-order valence-corrected chi connectivity index (χ1v) is 6.31. The van der Waals surface area contributed by atoms with Gasteiger partial charge in [-0.3, -0.25) is 15.5 Å². The molecule has 0 unspecified atom stereocenters. The Morgan fingerprint density at radius 1 is 1.33 bits per heavy atom. The van der Waals surface area contributed by atoms with E-state index in [2.05, 4.69) is 22.2 Å². The quantitative estimate of drug-likeness (QED) is 0.667. The molecule has 1 aromatic heterocycles. The zero-order valence-corrected chi connectivity index (χ0v) is 10.6. The van der Waals surface area contributed by atoms with Crippen LogP contribution in [0.3, 0.4) is 0 Å². The second kappa shape index (κ2) is 5.06. The Hall–Kier alpha value is -2.07. The van der Waals surface area contributed by atoms with Gasteiger partial charge in [0.05, 0.1) is 5.56 Å². The predicted octanol–water partition coefficient (Wildman–Crippen LogP) is 1.28. The van der Waals surface area contributed by atoms with Crippen molar-refractivity contribution in [2.24, 2.45) is 0 Å². The number of hydrogen-bond donors (Lipinski definition) is 3. The van der Waals surface area contributed by atoms with Crippen LogP contribution in [-0.2, 0) is 17.6 Å². The van der Waals surface area contributed by atoms with Gasteiger partial charge in [0.15, 0.2) is 0 Å². The Balaban J connectivity index is 2.08. The first kappa shape index (κ1) is 12.4. The molecule has 3 N–H and O–H groups in total. The molecule has 6 nitrogen and oxygen atoms in total. The number of urea groups is 1. The van der Waals surface area contributed by atoms with E-state index in [9.17, 15) is 9.59 Å². The number of amides is 3. The molecule has 1 heterocycles. The third-order valence-corrected chi connectivity index (χ3v) is 3.82. The molecule has 0 bridgehead atoms. The van der Waals surface area contributed by atoms with E-state index in [1.54, 1.807) is 0 Å². The number of carbonyl (C=O) groups excluding carboxylic acids is 2. The minimum Gasteiger partial charge on any atom is -0.297 e. The fourth-order valence-electron chi connectivity index (χ4n) is 1.89. The number of nitriles is 1. The summed E-state index contributed by atoms with van der Waals surface area (Å²) in [6.45, 7) is 1.29. The van der Waals surface area contributed by atoms with Crippen LogP contribution in [0.25, 0.3) is 0 Å². The molecule has 1 aliphatic rings. The monoisotopic (exact) mass is 264 g/mol. The van der Waals surface area contributed by atoms with E-state index in [0.29, 0.717) is 10.6 Å². The Bertz CT molecular complexity index is 544. The lowest BCUT2D eigenvalue weighted by molar-refractivity contribution is -0.119. The van der Waals surface area contributed by atoms with E-state index < -0.39 is 6.03 Å². The van der Waals surface area contributed by atoms with E-state index in [-0.39, 0.29) is 5.91 Å². The topological polar surface area (TPSA) is 94.0 Å². The number of thiophene rings is 1. The van der Waals surface area contributed by atoms with Crippen LogP contribution in [0.2, 0.25) is 0 Å². The summed E-state index contributed by atoms with van der Waals surface area (Å²) in [7, 11) is 0. The second-order valence-electron chi connectivity index (χ2n) is 3.93. The summed E-state index contributed by atoms with van der Waals surface area (Å²) in [4.78, 5) is 23.3. The summed E-state index contributed by atoms with van der Waals surface area (Å²) in [5.41, 5.74) is 5.97. The van der Waals surface area contributed by atoms with Crippen molar-refractivity contribution in [1.29, 1.82) is 5.26 Å². The summed E-state index contributed by atoms with van der Waals surface area (Å²) in [6, 6.07) is 1.57. The van der Waals surface area contributed by atoms with Crippen LogP contribution in [-0.4, -0.2) is 11.9 Å². The highest BCUT2D eigenvalue weighted by molar-refractivity contribution is 7.16. The molecule has 0 spiro atoms. The van der Waals surface area contributed by atoms with Crippen LogP contribution in [0.4, 0.5) is 9.80 Å². The average molecular weight is 264 g/mol. The molecule has 7 heteroatoms. The van der Waals surface area contributed by atoms with Crippen LogP contribution in [0.5, 0.6) is 0 Å². The molecule has 94 valence electrons. The number of nitrogens with zero attached hydrogens (tertiary/aromatic N) is 1. The zero-order valence-electron chi connectivity index (χ0n) is 9.79. The highest BCUT2D eigenvalue weighted by Gasteiger charge is 2.22. The van der Waals surface area contributed by atoms with Gasteiger partial charge in [-0.2, -0.15) is 5.26 Å². The van der Waals surface area contributed by atoms with E-state index in [4.69, 9.17) is 5.26 Å². The number of fused-ring (bicyclic) bond motifs is 1. The largest absolute Gasteiger partial charge is 0.338 e. The smallest absolute Gasteiger partial charge is 0.297 e. The van der Waals surface area contributed by atoms with Gasteiger partial charge >= 0.3 is 6.03 Å². The van der Waals surface area contributed by atoms with Gasteiger partial charge in [0, 0.05) is 11.8 Å². The highest BCUT2D eigenvalue weighted by atomic mass is 32.1. The molecule has 0 aromatic carbocycles. The van der Waals surface area contributed by atoms with Gasteiger partial charge in [-0.25, -0.2) is 10.2 Å². The molecule has 1 aliphatic carbocycles. The lowest BCUT2D eigenvalue weighted by Gasteiger charge is -2.06. The van der Waals surface area contributed by atoms with Gasteiger partial charge in [-0.05, 0) is 24.8 Å². The van der Waals surface area contributed by atoms with Crippen molar-refractivity contribution < 1.29 is 9.59 Å². The number of carbonyl (C=O) groups is 2. The summed E-state index contributed by atoms with van der Waals surface area (Å²) < 4.78 is 0. The predicted molar refractivity (Wildman–Crippen MR) is 67.0 cm³/mol. The Labute approximate surface area is 108 Å². The average Bonchev–Trinajstić information content (AvgIpc) is 2.86. The first-order chi connectivity index (χ1) is 8.61. The number of hydrazine groups is 1. The highest BCUT2D eigenvalue weighted by Crippen LogP contribution is 2.38. The SMILES string of the molecule is CC(=O)NNC(=O)Nc1sc2c(c1C#N)CCC2. The van der Waals surface area contributed by atoms with Gasteiger partial charge in [-0.15, -0.1) is 11.3 Å². The second-order valence-corrected chi connectivity index (χ2v) is 5.04. The molecule has 3 amide bonds. The van der Waals surface area contributed by atoms with Gasteiger partial charge in [-0.1, -0.05) is 0 Å². The van der Waals surface area contributed by atoms with Gasteiger partial charge in [0.25, 0.3) is 0 Å². The minimum atomic E-state index is -0.554. The molecule has 0 saturated heterocycles. The molecule has 0 atom stereocenters. The van der Waals surface area contributed by atoms with Crippen LogP contribution in [0.1, 0.15) is 29.3 Å². The van der Waals surface area contributed by atoms with Gasteiger partial charge < -0.3 is 0 Å². The maximum Gasteiger partial charge on any atom is 0.338 e. The van der Waals surface area contributed by atoms with Crippen molar-refractivity contribution in [3.8, 4) is 6.07 Å². The first-order valence-electron chi connectivity index (χ1n) is 5.50. The molecule has 2 rings (SSSR count). The Kier molecular flexibility index (Phi) is 3.48. The van der Waals surface area contributed by atoms with E-state index in [1.807, 2.05) is 0 Å². The number of nitrogens with one attached hydrogen (secondary N) is 3. The van der Waals surface area contributed by atoms with Crippen molar-refractivity contribution in [3.05, 3.63) is 16.0 Å². The molecule has 0 fully saturated rings. The number of hydrogen-bond acceptors (Lipinski definition) is 4. The number of rotatable bonds is 1. The van der Waals surface area contributed by atoms with Crippen LogP contribution in [0, 0.1) is 11.3 Å². The fraction of sp³-hybridized carbons (Fsp3) is 0.364. The maximum absolute atomic E-state index is 11.5. The van der Waals surface area contributed by atoms with Gasteiger partial charge in [0.2, 0.25) is 5.91 Å². The summed E-state index contributed by atoms with van der Waals surface area (Å²) in [5, 5.41) is 12.2. The van der Waals surface area contributed by atoms with Crippen molar-refractivity contribution >= 4 is 28.3 Å². The summed E-state index contributed by atoms with van der Waals surface area (Å²) >= 11 is 1.43. The van der Waals surface area contributed by atoms with Crippen LogP contribution >= 0.6 is 11.3 Å². The van der Waals surface area contributed by atoms with Crippen molar-refractivity contribution in [3.63, 3.8) is 0 Å². The molecule has 0 saturated carbocycles. The van der Waals surface area contributed by atoms with E-state index >= 15 is 0 Å². The van der Waals surface area contributed by atoms with Crippen molar-refractivity contribution in [1.82, 2.24) is 10.9 Å². The molecule has 0 radical (unpaired) electrons. The van der Waals surface area contributed by atoms with Crippen molar-refractivity contribution in [2.45, 2.75) is 26.2 Å². The fourth-order valence-corrected chi connectivity index (χ4v) is 3.12. The van der Waals surface area contributed by atoms with E-state index in [1.165, 1.54) is 23.1 Å². The normalized spacial score (nSPS) is 12.4. The lowest BCUT2D eigenvalue weighted by atomic mass is 10.1. The minimum absolute atomic E-state index is 0.362. The molecule has 0 aliphatic heterocycles. The molecular formula is C11H12N4O2S. The molecule has 18 heavy (non-hydrogen) atoms. The Morgan fingerprint density at radius 2 is 2.11 bits per heavy atom. The summed E-state index contributed by atoms with van der Waals surface area (Å²) in [6.07, 6.45) is 2.92. The Morgan fingerprint density at radius 3 is 2.78 bits per heavy atom. The molecule has 1 aromatic rings. The van der Waals surface area contributed by atoms with Gasteiger partial charge in [0.1, 0.15) is 11.1 Å². The molecular weight excluding hydrogens is 252 g/mol. The van der Waals surface area contributed by atoms with Crippen LogP contribution in [0.15, 0.2) is 0 Å². The van der Waals surface area contributed by atoms with Crippen molar-refractivity contribution in [2.75, 3.05) is 5.32 Å². The standard InChI is InChI=1S/C11H12N4O2S/c1-6(16)14-15-11(17)13-10-8(5-12)7-3-2-4-9(7)18-10/h2-4H2,1H3,(H,14,16)(H2,13,15,17). The lowest BCUT2D eigenvalue weighted by Crippen LogP contribution is -2.42. The number of aryl methyl sites for hydroxylation is 1. The number of anilines is 1. The third kappa shape index (κ3) is 2.43. The third-order valence-electron chi connectivity index (χ3n) is 2.61.